The molecule has 2 aliphatic heterocycles. The Balaban J connectivity index is 1.58. The molecule has 2 aromatic carbocycles. The van der Waals surface area contributed by atoms with Gasteiger partial charge in [0.05, 0.1) is 16.8 Å². The van der Waals surface area contributed by atoms with Crippen molar-refractivity contribution in [3.05, 3.63) is 82.0 Å². The first-order valence-corrected chi connectivity index (χ1v) is 14.0. The molecule has 8 nitrogen and oxygen atoms in total. The van der Waals surface area contributed by atoms with Gasteiger partial charge < -0.3 is 19.7 Å². The number of hydrogen-bond donors (Lipinski definition) is 2. The molecule has 0 radical (unpaired) electrons. The van der Waals surface area contributed by atoms with Crippen molar-refractivity contribution < 1.29 is 34.1 Å². The van der Waals surface area contributed by atoms with Crippen molar-refractivity contribution >= 4 is 23.3 Å². The van der Waals surface area contributed by atoms with Gasteiger partial charge >= 0.3 is 6.09 Å². The number of epoxide rings is 1. The molecule has 210 valence electrons. The standard InChI is InChI=1S/C34H27NO7/c1-4-14-41-32(40)35-25-12-7-5-6-8-13-26(37)34(33(25,42-34)18(2)3)23-17-24(36)27-28(29(23)35)31(39)22-16-20-11-9-10-19(20)15-21(22)30(27)38/h4-6,15-18,25-26,36-37H,1,9-11,14H2,2-3H3/b6-5-/t25-,26-,33-,34-/m0/s1. The molecule has 0 saturated carbocycles. The molecule has 1 fully saturated rings. The number of carbonyl (C=O) groups is 3. The third-order valence-electron chi connectivity index (χ3n) is 9.08. The number of rotatable bonds is 3. The first-order chi connectivity index (χ1) is 20.2. The lowest BCUT2D eigenvalue weighted by Crippen LogP contribution is -2.59. The van der Waals surface area contributed by atoms with E-state index in [0.717, 1.165) is 30.4 Å². The maximum absolute atomic E-state index is 14.4. The number of amides is 1. The molecular formula is C34H27NO7. The SMILES string of the molecule is C=CCOC(=O)N1c2c(cc(O)c3c2C(=O)c2cc4c(cc2C3=O)CCC4)[C@@]23O[C@@]2(C(C)C)[C@@H]1C#C/C=C\C#C[C@@H]3O. The van der Waals surface area contributed by atoms with E-state index in [9.17, 15) is 24.6 Å². The van der Waals surface area contributed by atoms with Crippen LogP contribution in [0.1, 0.15) is 68.8 Å². The number of ether oxygens (including phenoxy) is 2. The average molecular weight is 562 g/mol. The van der Waals surface area contributed by atoms with E-state index in [0.29, 0.717) is 0 Å². The first-order valence-electron chi connectivity index (χ1n) is 14.0. The summed E-state index contributed by atoms with van der Waals surface area (Å²) in [6, 6.07) is 3.77. The van der Waals surface area contributed by atoms with Gasteiger partial charge in [-0.1, -0.05) is 50.2 Å². The van der Waals surface area contributed by atoms with Gasteiger partial charge in [0.15, 0.2) is 23.3 Å². The van der Waals surface area contributed by atoms with Crippen LogP contribution in [0.25, 0.3) is 0 Å². The lowest BCUT2D eigenvalue weighted by atomic mass is 9.67. The highest BCUT2D eigenvalue weighted by Gasteiger charge is 2.83. The van der Waals surface area contributed by atoms with Gasteiger partial charge in [0.25, 0.3) is 0 Å². The van der Waals surface area contributed by atoms with Gasteiger partial charge in [0.1, 0.15) is 24.0 Å². The average Bonchev–Trinajstić information content (AvgIpc) is 3.51. The number of phenols is 1. The second-order valence-electron chi connectivity index (χ2n) is 11.5. The Hall–Kier alpha value is -4.63. The lowest BCUT2D eigenvalue weighted by molar-refractivity contribution is 0.0974. The number of anilines is 1. The molecule has 1 amide bonds. The number of aliphatic hydroxyl groups excluding tert-OH is 1. The van der Waals surface area contributed by atoms with Crippen molar-refractivity contribution in [3.8, 4) is 29.4 Å². The molecular weight excluding hydrogens is 534 g/mol. The summed E-state index contributed by atoms with van der Waals surface area (Å²) >= 11 is 0. The Morgan fingerprint density at radius 2 is 1.76 bits per heavy atom. The predicted molar refractivity (Wildman–Crippen MR) is 152 cm³/mol. The number of carbonyl (C=O) groups excluding carboxylic acids is 3. The maximum Gasteiger partial charge on any atom is 0.415 e. The molecule has 0 unspecified atom stereocenters. The quantitative estimate of drug-likeness (QED) is 0.284. The van der Waals surface area contributed by atoms with Crippen LogP contribution < -0.4 is 4.90 Å². The number of hydrogen-bond acceptors (Lipinski definition) is 7. The summed E-state index contributed by atoms with van der Waals surface area (Å²) in [5.41, 5.74) is -0.582. The summed E-state index contributed by atoms with van der Waals surface area (Å²) < 4.78 is 12.0. The van der Waals surface area contributed by atoms with E-state index in [2.05, 4.69) is 30.3 Å². The molecule has 1 saturated heterocycles. The molecule has 42 heavy (non-hydrogen) atoms. The fraction of sp³-hybridized carbons (Fsp3) is 0.324. The monoisotopic (exact) mass is 561 g/mol. The number of nitrogens with zero attached hydrogens (tertiary/aromatic N) is 1. The molecule has 5 aliphatic rings. The molecule has 7 rings (SSSR count). The Kier molecular flexibility index (Phi) is 5.59. The smallest absolute Gasteiger partial charge is 0.415 e. The predicted octanol–water partition coefficient (Wildman–Crippen LogP) is 3.73. The summed E-state index contributed by atoms with van der Waals surface area (Å²) in [5, 5.41) is 23.0. The number of ketones is 2. The number of phenolic OH excluding ortho intramolecular Hbond substituents is 1. The zero-order valence-corrected chi connectivity index (χ0v) is 23.1. The minimum absolute atomic E-state index is 0.0137. The highest BCUT2D eigenvalue weighted by atomic mass is 16.6. The summed E-state index contributed by atoms with van der Waals surface area (Å²) in [5.74, 6) is 9.78. The Morgan fingerprint density at radius 3 is 2.40 bits per heavy atom. The third kappa shape index (κ3) is 3.14. The van der Waals surface area contributed by atoms with E-state index < -0.39 is 46.8 Å². The summed E-state index contributed by atoms with van der Waals surface area (Å²) in [4.78, 5) is 43.6. The van der Waals surface area contributed by atoms with E-state index in [1.165, 1.54) is 29.2 Å². The number of benzene rings is 2. The molecule has 2 bridgehead atoms. The Morgan fingerprint density at radius 1 is 1.12 bits per heavy atom. The number of aromatic hydroxyl groups is 1. The molecule has 3 aliphatic carbocycles. The summed E-state index contributed by atoms with van der Waals surface area (Å²) in [6.45, 7) is 7.26. The van der Waals surface area contributed by atoms with Crippen LogP contribution in [-0.4, -0.2) is 52.2 Å². The highest BCUT2D eigenvalue weighted by Crippen LogP contribution is 2.70. The van der Waals surface area contributed by atoms with E-state index in [4.69, 9.17) is 9.47 Å². The van der Waals surface area contributed by atoms with Crippen LogP contribution in [0.5, 0.6) is 5.75 Å². The van der Waals surface area contributed by atoms with Crippen LogP contribution in [0.15, 0.2) is 43.0 Å². The molecule has 2 heterocycles. The fourth-order valence-electron chi connectivity index (χ4n) is 7.28. The van der Waals surface area contributed by atoms with Gasteiger partial charge in [-0.05, 0) is 66.7 Å². The molecule has 2 aromatic rings. The van der Waals surface area contributed by atoms with Gasteiger partial charge in [-0.25, -0.2) is 4.79 Å². The zero-order chi connectivity index (χ0) is 29.6. The van der Waals surface area contributed by atoms with Gasteiger partial charge in [0, 0.05) is 16.7 Å². The molecule has 2 N–H and O–H groups in total. The van der Waals surface area contributed by atoms with E-state index in [-0.39, 0.29) is 46.0 Å². The number of aryl methyl sites for hydroxylation is 2. The van der Waals surface area contributed by atoms with Crippen molar-refractivity contribution in [2.45, 2.75) is 56.5 Å². The lowest BCUT2D eigenvalue weighted by Gasteiger charge is -2.43. The van der Waals surface area contributed by atoms with Crippen LogP contribution in [0.3, 0.4) is 0 Å². The van der Waals surface area contributed by atoms with Crippen molar-refractivity contribution in [3.63, 3.8) is 0 Å². The molecule has 8 heteroatoms. The van der Waals surface area contributed by atoms with Gasteiger partial charge in [-0.2, -0.15) is 0 Å². The van der Waals surface area contributed by atoms with Crippen LogP contribution in [-0.2, 0) is 27.9 Å². The van der Waals surface area contributed by atoms with Crippen molar-refractivity contribution in [1.82, 2.24) is 0 Å². The molecule has 4 atom stereocenters. The van der Waals surface area contributed by atoms with E-state index in [1.54, 1.807) is 12.1 Å². The first kappa shape index (κ1) is 26.3. The van der Waals surface area contributed by atoms with Crippen molar-refractivity contribution in [2.75, 3.05) is 11.5 Å². The van der Waals surface area contributed by atoms with E-state index in [1.807, 2.05) is 13.8 Å². The number of allylic oxidation sites excluding steroid dienone is 2. The van der Waals surface area contributed by atoms with Crippen LogP contribution in [0.4, 0.5) is 10.5 Å². The third-order valence-corrected chi connectivity index (χ3v) is 9.08. The summed E-state index contributed by atoms with van der Waals surface area (Å²) in [7, 11) is 0. The van der Waals surface area contributed by atoms with Gasteiger partial charge in [-0.3, -0.25) is 14.5 Å². The second kappa shape index (κ2) is 8.93. The highest BCUT2D eigenvalue weighted by molar-refractivity contribution is 6.32. The largest absolute Gasteiger partial charge is 0.507 e. The number of fused-ring (bicyclic) bond motifs is 5. The Bertz CT molecular complexity index is 1810. The fourth-order valence-corrected chi connectivity index (χ4v) is 7.28. The molecule has 0 spiro atoms. The van der Waals surface area contributed by atoms with Crippen LogP contribution in [0.2, 0.25) is 0 Å². The van der Waals surface area contributed by atoms with Crippen LogP contribution >= 0.6 is 0 Å². The molecule has 0 aromatic heterocycles. The van der Waals surface area contributed by atoms with Crippen molar-refractivity contribution in [2.24, 2.45) is 5.92 Å². The van der Waals surface area contributed by atoms with Crippen molar-refractivity contribution in [1.29, 1.82) is 0 Å². The van der Waals surface area contributed by atoms with Crippen LogP contribution in [0, 0.1) is 29.6 Å². The number of aliphatic hydroxyl groups is 1. The van der Waals surface area contributed by atoms with E-state index >= 15 is 0 Å². The zero-order valence-electron chi connectivity index (χ0n) is 23.1. The maximum atomic E-state index is 14.4. The van der Waals surface area contributed by atoms with Gasteiger partial charge in [-0.15, -0.1) is 0 Å². The normalized spacial score (nSPS) is 28.0. The second-order valence-corrected chi connectivity index (χ2v) is 11.5. The minimum Gasteiger partial charge on any atom is -0.507 e. The summed E-state index contributed by atoms with van der Waals surface area (Å²) in [6.07, 6.45) is 4.66. The minimum atomic E-state index is -1.56. The topological polar surface area (TPSA) is 117 Å². The van der Waals surface area contributed by atoms with Gasteiger partial charge in [0.2, 0.25) is 0 Å². The Labute approximate surface area is 242 Å².